The van der Waals surface area contributed by atoms with E-state index in [0.29, 0.717) is 52.2 Å². The number of aromatic nitrogens is 5. The molecule has 5 aromatic rings. The number of rotatable bonds is 10. The van der Waals surface area contributed by atoms with Crippen molar-refractivity contribution in [3.63, 3.8) is 0 Å². The van der Waals surface area contributed by atoms with E-state index in [2.05, 4.69) is 37.3 Å². The van der Waals surface area contributed by atoms with Gasteiger partial charge in [-0.15, -0.1) is 6.58 Å². The Morgan fingerprint density at radius 3 is 2.58 bits per heavy atom. The summed E-state index contributed by atoms with van der Waals surface area (Å²) in [6.45, 7) is 7.98. The van der Waals surface area contributed by atoms with Gasteiger partial charge in [-0.1, -0.05) is 47.6 Å². The molecule has 4 aromatic heterocycles. The van der Waals surface area contributed by atoms with E-state index in [9.17, 15) is 9.90 Å². The van der Waals surface area contributed by atoms with Gasteiger partial charge in [0.15, 0.2) is 0 Å². The minimum absolute atomic E-state index is 0.0755. The summed E-state index contributed by atoms with van der Waals surface area (Å²) in [5, 5.41) is 21.1. The largest absolute Gasteiger partial charge is 0.394 e. The molecule has 0 radical (unpaired) electrons. The van der Waals surface area contributed by atoms with Crippen molar-refractivity contribution in [3.05, 3.63) is 109 Å². The van der Waals surface area contributed by atoms with Crippen molar-refractivity contribution in [1.29, 1.82) is 0 Å². The van der Waals surface area contributed by atoms with E-state index in [-0.39, 0.29) is 18.4 Å². The van der Waals surface area contributed by atoms with Crippen LogP contribution in [-0.2, 0) is 5.54 Å². The Morgan fingerprint density at radius 1 is 1.02 bits per heavy atom. The first-order valence-electron chi connectivity index (χ1n) is 13.8. The standard InChI is InChI=1S/C32H30N8O3/c1-4-16-40-31(42)21-13-14-26(37-28(21)32(40,2)3)36-27-17-24(35-25(19-41)20-10-6-5-7-11-20)22(18-34-27)30-38-29(39-43-30)23-12-8-9-15-33-23/h4-15,17-18,25,41H,1,16,19H2,2-3H3,(H2,34,35,36,37)/t25-/m1/s1. The summed E-state index contributed by atoms with van der Waals surface area (Å²) in [7, 11) is 0. The topological polar surface area (TPSA) is 142 Å². The summed E-state index contributed by atoms with van der Waals surface area (Å²) >= 11 is 0. The fourth-order valence-electron chi connectivity index (χ4n) is 5.12. The van der Waals surface area contributed by atoms with Gasteiger partial charge in [0.2, 0.25) is 5.82 Å². The second-order valence-electron chi connectivity index (χ2n) is 10.5. The molecule has 11 nitrogen and oxygen atoms in total. The molecular weight excluding hydrogens is 544 g/mol. The molecule has 0 aliphatic carbocycles. The third kappa shape index (κ3) is 5.33. The van der Waals surface area contributed by atoms with Crippen LogP contribution in [-0.4, -0.2) is 54.2 Å². The van der Waals surface area contributed by atoms with Gasteiger partial charge in [-0.2, -0.15) is 4.98 Å². The number of nitrogens with zero attached hydrogens (tertiary/aromatic N) is 6. The highest BCUT2D eigenvalue weighted by Gasteiger charge is 2.43. The van der Waals surface area contributed by atoms with Gasteiger partial charge in [0, 0.05) is 25.0 Å². The number of amides is 1. The molecule has 6 rings (SSSR count). The molecule has 5 heterocycles. The molecule has 0 fully saturated rings. The monoisotopic (exact) mass is 574 g/mol. The molecule has 1 amide bonds. The molecule has 3 N–H and O–H groups in total. The second-order valence-corrected chi connectivity index (χ2v) is 10.5. The van der Waals surface area contributed by atoms with Crippen molar-refractivity contribution < 1.29 is 14.4 Å². The lowest BCUT2D eigenvalue weighted by Gasteiger charge is -2.30. The minimum atomic E-state index is -0.602. The second kappa shape index (κ2) is 11.5. The van der Waals surface area contributed by atoms with Crippen molar-refractivity contribution >= 4 is 23.2 Å². The van der Waals surface area contributed by atoms with Crippen molar-refractivity contribution in [2.45, 2.75) is 25.4 Å². The summed E-state index contributed by atoms with van der Waals surface area (Å²) in [5.74, 6) is 1.52. The molecule has 11 heteroatoms. The molecule has 0 saturated carbocycles. The Hall–Kier alpha value is -5.42. The number of carbonyl (C=O) groups is 1. The molecule has 1 atom stereocenters. The zero-order chi connectivity index (χ0) is 30.0. The van der Waals surface area contributed by atoms with Gasteiger partial charge in [0.25, 0.3) is 11.8 Å². The van der Waals surface area contributed by atoms with E-state index < -0.39 is 11.6 Å². The summed E-state index contributed by atoms with van der Waals surface area (Å²) < 4.78 is 5.62. The zero-order valence-corrected chi connectivity index (χ0v) is 23.7. The van der Waals surface area contributed by atoms with Gasteiger partial charge in [0.05, 0.1) is 40.7 Å². The van der Waals surface area contributed by atoms with Crippen LogP contribution in [0.2, 0.25) is 0 Å². The predicted octanol–water partition coefficient (Wildman–Crippen LogP) is 5.35. The summed E-state index contributed by atoms with van der Waals surface area (Å²) in [6, 6.07) is 20.0. The van der Waals surface area contributed by atoms with E-state index in [1.807, 2.05) is 56.3 Å². The number of fused-ring (bicyclic) bond motifs is 1. The first-order chi connectivity index (χ1) is 20.9. The number of pyridine rings is 3. The molecule has 0 saturated heterocycles. The van der Waals surface area contributed by atoms with Gasteiger partial charge in [-0.05, 0) is 43.7 Å². The fraction of sp³-hybridized carbons (Fsp3) is 0.188. The Kier molecular flexibility index (Phi) is 7.39. The number of hydrogen-bond acceptors (Lipinski definition) is 10. The molecule has 1 aliphatic rings. The van der Waals surface area contributed by atoms with Crippen molar-refractivity contribution in [2.75, 3.05) is 23.8 Å². The Bertz CT molecular complexity index is 1770. The van der Waals surface area contributed by atoms with Crippen LogP contribution in [0, 0.1) is 0 Å². The van der Waals surface area contributed by atoms with Crippen LogP contribution < -0.4 is 10.6 Å². The number of benzene rings is 1. The lowest BCUT2D eigenvalue weighted by molar-refractivity contribution is 0.0649. The summed E-state index contributed by atoms with van der Waals surface area (Å²) in [5.41, 5.74) is 3.27. The maximum Gasteiger partial charge on any atom is 0.261 e. The third-order valence-electron chi connectivity index (χ3n) is 7.36. The van der Waals surface area contributed by atoms with Gasteiger partial charge >= 0.3 is 0 Å². The maximum absolute atomic E-state index is 13.0. The Labute approximate surface area is 248 Å². The lowest BCUT2D eigenvalue weighted by Crippen LogP contribution is -2.39. The molecule has 0 bridgehead atoms. The minimum Gasteiger partial charge on any atom is -0.394 e. The highest BCUT2D eigenvalue weighted by Crippen LogP contribution is 2.38. The quantitative estimate of drug-likeness (QED) is 0.187. The molecule has 1 aliphatic heterocycles. The number of anilines is 3. The van der Waals surface area contributed by atoms with E-state index in [4.69, 9.17) is 9.51 Å². The summed E-state index contributed by atoms with van der Waals surface area (Å²) in [4.78, 5) is 33.0. The van der Waals surface area contributed by atoms with Crippen LogP contribution in [0.3, 0.4) is 0 Å². The van der Waals surface area contributed by atoms with E-state index >= 15 is 0 Å². The predicted molar refractivity (Wildman–Crippen MR) is 162 cm³/mol. The van der Waals surface area contributed by atoms with Gasteiger partial charge < -0.3 is 25.2 Å². The van der Waals surface area contributed by atoms with Crippen LogP contribution in [0.1, 0.15) is 41.5 Å². The zero-order valence-electron chi connectivity index (χ0n) is 23.7. The first kappa shape index (κ1) is 27.7. The summed E-state index contributed by atoms with van der Waals surface area (Å²) in [6.07, 6.45) is 4.99. The molecule has 0 unspecified atom stereocenters. The lowest BCUT2D eigenvalue weighted by atomic mass is 9.99. The van der Waals surface area contributed by atoms with Crippen LogP contribution in [0.15, 0.2) is 96.3 Å². The molecule has 216 valence electrons. The van der Waals surface area contributed by atoms with Gasteiger partial charge in [-0.3, -0.25) is 9.78 Å². The average molecular weight is 575 g/mol. The molecular formula is C32H30N8O3. The van der Waals surface area contributed by atoms with Gasteiger partial charge in [-0.25, -0.2) is 9.97 Å². The molecule has 1 aromatic carbocycles. The normalized spacial score (nSPS) is 14.3. The van der Waals surface area contributed by atoms with Crippen molar-refractivity contribution in [3.8, 4) is 23.0 Å². The third-order valence-corrected chi connectivity index (χ3v) is 7.36. The van der Waals surface area contributed by atoms with E-state index in [1.165, 1.54) is 0 Å². The van der Waals surface area contributed by atoms with Crippen molar-refractivity contribution in [2.24, 2.45) is 0 Å². The average Bonchev–Trinajstić information content (AvgIpc) is 3.59. The molecule has 0 spiro atoms. The number of hydrogen-bond donors (Lipinski definition) is 3. The Balaban J connectivity index is 1.35. The highest BCUT2D eigenvalue weighted by atomic mass is 16.5. The van der Waals surface area contributed by atoms with E-state index in [0.717, 1.165) is 5.56 Å². The highest BCUT2D eigenvalue weighted by molar-refractivity contribution is 5.99. The first-order valence-corrected chi connectivity index (χ1v) is 13.8. The fourth-order valence-corrected chi connectivity index (χ4v) is 5.12. The van der Waals surface area contributed by atoms with Crippen molar-refractivity contribution in [1.82, 2.24) is 30.0 Å². The van der Waals surface area contributed by atoms with Gasteiger partial charge in [0.1, 0.15) is 17.3 Å². The Morgan fingerprint density at radius 2 is 1.84 bits per heavy atom. The van der Waals surface area contributed by atoms with E-state index in [1.54, 1.807) is 47.6 Å². The van der Waals surface area contributed by atoms with Crippen LogP contribution >= 0.6 is 0 Å². The van der Waals surface area contributed by atoms with Crippen LogP contribution in [0.5, 0.6) is 0 Å². The molecule has 43 heavy (non-hydrogen) atoms. The SMILES string of the molecule is C=CCN1C(=O)c2ccc(Nc3cc(N[C@H](CO)c4ccccc4)c(-c4nc(-c5ccccn5)no4)cn3)nc2C1(C)C. The number of aliphatic hydroxyl groups is 1. The maximum atomic E-state index is 13.0. The number of nitrogens with one attached hydrogen (secondary N) is 2. The van der Waals surface area contributed by atoms with Crippen LogP contribution in [0.4, 0.5) is 17.3 Å². The smallest absolute Gasteiger partial charge is 0.261 e. The number of aliphatic hydroxyl groups excluding tert-OH is 1. The van der Waals surface area contributed by atoms with Crippen LogP contribution in [0.25, 0.3) is 23.0 Å². The number of carbonyl (C=O) groups excluding carboxylic acids is 1.